The van der Waals surface area contributed by atoms with Crippen molar-refractivity contribution < 1.29 is 65.2 Å². The zero-order chi connectivity index (χ0) is 60.3. The van der Waals surface area contributed by atoms with Crippen molar-refractivity contribution >= 4 is 35.4 Å². The minimum absolute atomic E-state index is 0.0144. The van der Waals surface area contributed by atoms with Gasteiger partial charge < -0.3 is 34.4 Å². The van der Waals surface area contributed by atoms with Gasteiger partial charge in [-0.1, -0.05) is 94.7 Å². The summed E-state index contributed by atoms with van der Waals surface area (Å²) in [5.41, 5.74) is -0.246. The van der Waals surface area contributed by atoms with Crippen LogP contribution in [0.1, 0.15) is 143 Å². The van der Waals surface area contributed by atoms with Crippen LogP contribution in [-0.4, -0.2) is 108 Å². The Kier molecular flexibility index (Phi) is 23.7. The summed E-state index contributed by atoms with van der Waals surface area (Å²) in [6.07, 6.45) is 0.475. The molecular weight excluding hydrogens is 1080 g/mol. The lowest BCUT2D eigenvalue weighted by Gasteiger charge is -2.43. The number of ether oxygens (including phenoxy) is 2. The number of alkyl halides is 6. The van der Waals surface area contributed by atoms with Gasteiger partial charge in [-0.2, -0.15) is 36.9 Å². The van der Waals surface area contributed by atoms with Gasteiger partial charge in [0.25, 0.3) is 0 Å². The average Bonchev–Trinajstić information content (AvgIpc) is 1.81. The molecule has 2 aliphatic rings. The van der Waals surface area contributed by atoms with Crippen molar-refractivity contribution in [2.45, 2.75) is 122 Å². The number of aliphatic hydroxyl groups is 2. The fourth-order valence-electron chi connectivity index (χ4n) is 10.6. The Bertz CT molecular complexity index is 2810. The molecule has 4 amide bonds. The molecule has 2 heterocycles. The van der Waals surface area contributed by atoms with E-state index in [-0.39, 0.29) is 60.2 Å². The number of hydrogen-bond donors (Lipinski definition) is 2. The third kappa shape index (κ3) is 16.7. The predicted molar refractivity (Wildman–Crippen MR) is 299 cm³/mol. The third-order valence-electron chi connectivity index (χ3n) is 14.9. The molecule has 2 aliphatic heterocycles. The topological polar surface area (TPSA) is 191 Å². The van der Waals surface area contributed by atoms with E-state index in [0.717, 1.165) is 118 Å². The summed E-state index contributed by atoms with van der Waals surface area (Å²) in [5, 5.41) is 37.9. The average molecular weight is 1160 g/mol. The van der Waals surface area contributed by atoms with Crippen LogP contribution < -0.4 is 9.80 Å². The minimum atomic E-state index is -4.70. The number of allylic oxidation sites excluding steroid dienone is 2. The molecule has 444 valence electrons. The molecule has 0 saturated carbocycles. The molecule has 0 radical (unpaired) electrons. The molecule has 83 heavy (non-hydrogen) atoms. The van der Waals surface area contributed by atoms with Crippen molar-refractivity contribution in [2.24, 2.45) is 0 Å². The quantitative estimate of drug-likeness (QED) is 0.0299. The number of amides is 4. The maximum absolute atomic E-state index is 14.5. The zero-order valence-electron chi connectivity index (χ0n) is 47.0. The molecule has 21 heteroatoms. The number of rotatable bonds is 29. The molecule has 4 aromatic rings. The van der Waals surface area contributed by atoms with E-state index >= 15 is 0 Å². The molecule has 0 fully saturated rings. The van der Waals surface area contributed by atoms with Crippen molar-refractivity contribution in [2.75, 3.05) is 69.0 Å². The monoisotopic (exact) mass is 1160 g/mol. The molecule has 0 aromatic heterocycles. The number of urea groups is 2. The zero-order valence-corrected chi connectivity index (χ0v) is 47.0. The summed E-state index contributed by atoms with van der Waals surface area (Å²) >= 11 is 0. The van der Waals surface area contributed by atoms with Crippen LogP contribution in [0.15, 0.2) is 120 Å². The molecule has 0 spiro atoms. The minimum Gasteiger partial charge on any atom is -0.460 e. The van der Waals surface area contributed by atoms with Crippen LogP contribution in [0.2, 0.25) is 0 Å². The number of carbonyl (C=O) groups is 4. The van der Waals surface area contributed by atoms with Gasteiger partial charge in [0, 0.05) is 24.5 Å². The summed E-state index contributed by atoms with van der Waals surface area (Å²) in [6, 6.07) is 22.2. The Hall–Kier alpha value is -7.72. The van der Waals surface area contributed by atoms with Gasteiger partial charge in [-0.15, -0.1) is 0 Å². The molecule has 4 aromatic carbocycles. The van der Waals surface area contributed by atoms with Crippen molar-refractivity contribution in [3.63, 3.8) is 0 Å². The highest BCUT2D eigenvalue weighted by atomic mass is 19.4. The number of aliphatic hydroxyl groups excluding tert-OH is 2. The SMILES string of the molecule is CCN(CCCCCCCCN1C(=O)N(c2cccc(C(F)(F)F)c2)C(C)=C(C(=O)OCCO)C1c1ccc(C#N)cc1)CCCCCCCCN1C(=O)N(c2cccc(C(F)(F)F)c2)C(C)=C(C(=O)OCCO)C1c1ccc(C#N)cc1. The smallest absolute Gasteiger partial charge is 0.416 e. The number of hydrogen-bond acceptors (Lipinski definition) is 11. The van der Waals surface area contributed by atoms with Crippen LogP contribution in [0.4, 0.5) is 47.3 Å². The first-order valence-electron chi connectivity index (χ1n) is 28.0. The number of halogens is 6. The lowest BCUT2D eigenvalue weighted by atomic mass is 9.91. The van der Waals surface area contributed by atoms with E-state index in [4.69, 9.17) is 9.47 Å². The molecule has 2 atom stereocenters. The summed E-state index contributed by atoms with van der Waals surface area (Å²) in [6.45, 7) is 6.40. The second kappa shape index (κ2) is 30.5. The van der Waals surface area contributed by atoms with Gasteiger partial charge in [0.05, 0.1) is 82.2 Å². The van der Waals surface area contributed by atoms with Gasteiger partial charge in [-0.05, 0) is 131 Å². The van der Waals surface area contributed by atoms with Crippen molar-refractivity contribution in [1.29, 1.82) is 10.5 Å². The van der Waals surface area contributed by atoms with Crippen LogP contribution in [0.5, 0.6) is 0 Å². The first-order chi connectivity index (χ1) is 39.8. The number of benzene rings is 4. The maximum Gasteiger partial charge on any atom is 0.416 e. The van der Waals surface area contributed by atoms with E-state index in [1.165, 1.54) is 47.9 Å². The number of nitriles is 2. The van der Waals surface area contributed by atoms with Crippen molar-refractivity contribution in [1.82, 2.24) is 14.7 Å². The van der Waals surface area contributed by atoms with Crippen LogP contribution in [-0.2, 0) is 31.4 Å². The number of nitrogens with zero attached hydrogens (tertiary/aromatic N) is 7. The normalized spacial score (nSPS) is 16.0. The lowest BCUT2D eigenvalue weighted by molar-refractivity contribution is -0.141. The first-order valence-corrected chi connectivity index (χ1v) is 28.0. The van der Waals surface area contributed by atoms with Crippen LogP contribution in [0, 0.1) is 22.7 Å². The Balaban J connectivity index is 0.998. The second-order valence-corrected chi connectivity index (χ2v) is 20.4. The second-order valence-electron chi connectivity index (χ2n) is 20.4. The highest BCUT2D eigenvalue weighted by molar-refractivity contribution is 6.04. The molecule has 2 N–H and O–H groups in total. The van der Waals surface area contributed by atoms with Crippen molar-refractivity contribution in [3.8, 4) is 12.1 Å². The van der Waals surface area contributed by atoms with E-state index in [9.17, 15) is 66.3 Å². The summed E-state index contributed by atoms with van der Waals surface area (Å²) in [4.78, 5) is 64.1. The fraction of sp³-hybridized carbons (Fsp3) is 0.452. The van der Waals surface area contributed by atoms with Gasteiger partial charge in [-0.25, -0.2) is 19.2 Å². The molecule has 6 rings (SSSR count). The predicted octanol–water partition coefficient (Wildman–Crippen LogP) is 12.8. The van der Waals surface area contributed by atoms with E-state index < -0.39 is 72.8 Å². The number of anilines is 2. The highest BCUT2D eigenvalue weighted by Gasteiger charge is 2.45. The van der Waals surface area contributed by atoms with E-state index in [1.807, 2.05) is 0 Å². The Morgan fingerprint density at radius 3 is 1.23 bits per heavy atom. The first kappa shape index (κ1) is 64.4. The highest BCUT2D eigenvalue weighted by Crippen LogP contribution is 2.44. The van der Waals surface area contributed by atoms with E-state index in [1.54, 1.807) is 48.5 Å². The van der Waals surface area contributed by atoms with Gasteiger partial charge in [0.15, 0.2) is 0 Å². The maximum atomic E-state index is 14.5. The van der Waals surface area contributed by atoms with Crippen LogP contribution in [0.3, 0.4) is 0 Å². The van der Waals surface area contributed by atoms with Gasteiger partial charge in [-0.3, -0.25) is 9.80 Å². The van der Waals surface area contributed by atoms with Crippen LogP contribution in [0.25, 0.3) is 0 Å². The van der Waals surface area contributed by atoms with Gasteiger partial charge in [0.2, 0.25) is 0 Å². The third-order valence-corrected chi connectivity index (χ3v) is 14.9. The number of esters is 2. The molecule has 15 nitrogen and oxygen atoms in total. The number of carbonyl (C=O) groups excluding carboxylic acids is 4. The van der Waals surface area contributed by atoms with Gasteiger partial charge >= 0.3 is 36.4 Å². The molecule has 2 unspecified atom stereocenters. The summed E-state index contributed by atoms with van der Waals surface area (Å²) in [5.74, 6) is -1.69. The largest absolute Gasteiger partial charge is 0.460 e. The molecule has 0 bridgehead atoms. The Labute approximate surface area is 480 Å². The van der Waals surface area contributed by atoms with Gasteiger partial charge in [0.1, 0.15) is 13.2 Å². The fourth-order valence-corrected chi connectivity index (χ4v) is 10.6. The van der Waals surface area contributed by atoms with E-state index in [0.29, 0.717) is 35.1 Å². The van der Waals surface area contributed by atoms with Crippen LogP contribution >= 0.6 is 0 Å². The standard InChI is InChI=1S/C62H71F6N7O8/c1-4-71(31-13-9-5-7-11-15-33-72-55(47-27-23-45(41-69)24-28-47)53(57(78)82-37-35-76)43(2)74(59(72)80)51-21-17-19-49(39-51)61(63,64)65)32-14-10-6-8-12-16-34-73-56(48-29-25-46(42-70)26-30-48)54(58(79)83-38-36-77)44(3)75(60(73)81)52-22-18-20-50(40-52)62(66,67)68/h17-30,39-40,55-56,76-77H,4-16,31-38H2,1-3H3. The summed E-state index contributed by atoms with van der Waals surface area (Å²) in [7, 11) is 0. The lowest BCUT2D eigenvalue weighted by Crippen LogP contribution is -2.51. The van der Waals surface area contributed by atoms with E-state index in [2.05, 4.69) is 24.0 Å². The Morgan fingerprint density at radius 2 is 0.904 bits per heavy atom. The molecular formula is C62H71F6N7O8. The molecule has 0 saturated heterocycles. The molecule has 0 aliphatic carbocycles. The Morgan fingerprint density at radius 1 is 0.554 bits per heavy atom. The number of unbranched alkanes of at least 4 members (excludes halogenated alkanes) is 10. The van der Waals surface area contributed by atoms with Crippen molar-refractivity contribution in [3.05, 3.63) is 153 Å². The summed E-state index contributed by atoms with van der Waals surface area (Å²) < 4.78 is 94.1.